The number of allylic oxidation sites excluding steroid dienone is 2. The molecule has 1 rings (SSSR count). The number of Topliss-reactive ketones (excluding diaryl/α,β-unsaturated/α-hetero) is 1. The summed E-state index contributed by atoms with van der Waals surface area (Å²) < 4.78 is 4.80. The zero-order valence-corrected chi connectivity index (χ0v) is 9.06. The van der Waals surface area contributed by atoms with E-state index in [4.69, 9.17) is 9.84 Å². The summed E-state index contributed by atoms with van der Waals surface area (Å²) in [6.07, 6.45) is 0. The van der Waals surface area contributed by atoms with E-state index in [9.17, 15) is 9.59 Å². The van der Waals surface area contributed by atoms with Gasteiger partial charge in [0.2, 0.25) is 5.76 Å². The number of carbonyl (C=O) groups excluding carboxylic acids is 2. The van der Waals surface area contributed by atoms with Crippen molar-refractivity contribution in [1.82, 2.24) is 0 Å². The number of ketones is 1. The van der Waals surface area contributed by atoms with E-state index in [-0.39, 0.29) is 11.5 Å². The van der Waals surface area contributed by atoms with Gasteiger partial charge in [-0.25, -0.2) is 4.79 Å². The average molecular weight is 220 g/mol. The van der Waals surface area contributed by atoms with Gasteiger partial charge in [-0.1, -0.05) is 18.2 Å². The SMILES string of the molecule is CC(=O)C(OC(=O)c1ccccc1)=C(C)O. The molecule has 1 aromatic carbocycles. The number of benzene rings is 1. The number of carbonyl (C=O) groups is 2. The van der Waals surface area contributed by atoms with Gasteiger partial charge in [0.15, 0.2) is 5.78 Å². The van der Waals surface area contributed by atoms with Gasteiger partial charge in [0.25, 0.3) is 0 Å². The number of ether oxygens (including phenoxy) is 1. The lowest BCUT2D eigenvalue weighted by Gasteiger charge is -2.06. The second-order valence-electron chi connectivity index (χ2n) is 3.23. The Morgan fingerprint density at radius 3 is 2.12 bits per heavy atom. The summed E-state index contributed by atoms with van der Waals surface area (Å²) in [6, 6.07) is 8.24. The molecule has 0 aliphatic rings. The average Bonchev–Trinajstić information content (AvgIpc) is 2.25. The van der Waals surface area contributed by atoms with Crippen molar-refractivity contribution in [3.8, 4) is 0 Å². The monoisotopic (exact) mass is 220 g/mol. The molecule has 0 amide bonds. The first-order chi connectivity index (χ1) is 7.52. The fourth-order valence-corrected chi connectivity index (χ4v) is 1.13. The lowest BCUT2D eigenvalue weighted by Crippen LogP contribution is -2.11. The number of hydrogen-bond donors (Lipinski definition) is 1. The molecule has 0 radical (unpaired) electrons. The summed E-state index contributed by atoms with van der Waals surface area (Å²) in [5.74, 6) is -1.80. The minimum Gasteiger partial charge on any atom is -0.509 e. The summed E-state index contributed by atoms with van der Waals surface area (Å²) in [6.45, 7) is 2.50. The van der Waals surface area contributed by atoms with Crippen molar-refractivity contribution < 1.29 is 19.4 Å². The summed E-state index contributed by atoms with van der Waals surface area (Å²) in [7, 11) is 0. The Hall–Kier alpha value is -2.10. The third-order valence-corrected chi connectivity index (χ3v) is 1.85. The Morgan fingerprint density at radius 1 is 1.12 bits per heavy atom. The van der Waals surface area contributed by atoms with E-state index >= 15 is 0 Å². The Kier molecular flexibility index (Phi) is 3.83. The molecule has 0 saturated carbocycles. The van der Waals surface area contributed by atoms with E-state index in [1.165, 1.54) is 13.8 Å². The lowest BCUT2D eigenvalue weighted by molar-refractivity contribution is -0.116. The Bertz CT molecular complexity index is 428. The number of esters is 1. The van der Waals surface area contributed by atoms with E-state index in [1.807, 2.05) is 0 Å². The molecule has 0 atom stereocenters. The van der Waals surface area contributed by atoms with Crippen LogP contribution in [0.5, 0.6) is 0 Å². The van der Waals surface area contributed by atoms with Crippen molar-refractivity contribution >= 4 is 11.8 Å². The summed E-state index contributed by atoms with van der Waals surface area (Å²) in [5.41, 5.74) is 0.322. The molecular formula is C12H12O4. The number of rotatable bonds is 3. The van der Waals surface area contributed by atoms with Gasteiger partial charge >= 0.3 is 5.97 Å². The molecule has 1 aromatic rings. The van der Waals surface area contributed by atoms with Gasteiger partial charge in [0.1, 0.15) is 5.76 Å². The van der Waals surface area contributed by atoms with Gasteiger partial charge in [-0.15, -0.1) is 0 Å². The highest BCUT2D eigenvalue weighted by Crippen LogP contribution is 2.09. The number of aliphatic hydroxyl groups is 1. The molecule has 0 aliphatic carbocycles. The van der Waals surface area contributed by atoms with Crippen LogP contribution in [0.1, 0.15) is 24.2 Å². The fraction of sp³-hybridized carbons (Fsp3) is 0.167. The van der Waals surface area contributed by atoms with Crippen molar-refractivity contribution in [2.24, 2.45) is 0 Å². The first-order valence-electron chi connectivity index (χ1n) is 4.70. The van der Waals surface area contributed by atoms with Crippen molar-refractivity contribution in [2.75, 3.05) is 0 Å². The maximum absolute atomic E-state index is 11.5. The van der Waals surface area contributed by atoms with E-state index in [2.05, 4.69) is 0 Å². The Balaban J connectivity index is 2.87. The van der Waals surface area contributed by atoms with Crippen LogP contribution in [0.2, 0.25) is 0 Å². The highest BCUT2D eigenvalue weighted by molar-refractivity contribution is 5.97. The predicted molar refractivity (Wildman–Crippen MR) is 57.9 cm³/mol. The van der Waals surface area contributed by atoms with Gasteiger partial charge < -0.3 is 9.84 Å². The first kappa shape index (κ1) is 12.0. The Labute approximate surface area is 93.2 Å². The molecule has 1 N–H and O–H groups in total. The lowest BCUT2D eigenvalue weighted by atomic mass is 10.2. The van der Waals surface area contributed by atoms with Crippen molar-refractivity contribution in [3.63, 3.8) is 0 Å². The maximum Gasteiger partial charge on any atom is 0.343 e. The highest BCUT2D eigenvalue weighted by atomic mass is 16.5. The van der Waals surface area contributed by atoms with Crippen LogP contribution in [0.15, 0.2) is 41.9 Å². The van der Waals surface area contributed by atoms with E-state index in [1.54, 1.807) is 30.3 Å². The van der Waals surface area contributed by atoms with Crippen LogP contribution in [0.4, 0.5) is 0 Å². The van der Waals surface area contributed by atoms with Crippen LogP contribution in [-0.2, 0) is 9.53 Å². The van der Waals surface area contributed by atoms with Crippen LogP contribution in [0.25, 0.3) is 0 Å². The molecule has 4 heteroatoms. The first-order valence-corrected chi connectivity index (χ1v) is 4.70. The minimum absolute atomic E-state index is 0.309. The molecule has 0 aliphatic heterocycles. The normalized spacial score (nSPS) is 11.6. The molecule has 0 heterocycles. The van der Waals surface area contributed by atoms with Gasteiger partial charge in [-0.2, -0.15) is 0 Å². The minimum atomic E-state index is -0.667. The van der Waals surface area contributed by atoms with Crippen molar-refractivity contribution in [2.45, 2.75) is 13.8 Å². The molecule has 84 valence electrons. The standard InChI is InChI=1S/C12H12O4/c1-8(13)11(9(2)14)16-12(15)10-6-4-3-5-7-10/h3-7,13H,1-2H3. The van der Waals surface area contributed by atoms with Crippen molar-refractivity contribution in [1.29, 1.82) is 0 Å². The molecule has 0 saturated heterocycles. The molecule has 0 bridgehead atoms. The fourth-order valence-electron chi connectivity index (χ4n) is 1.13. The van der Waals surface area contributed by atoms with Crippen LogP contribution in [0.3, 0.4) is 0 Å². The third kappa shape index (κ3) is 2.95. The molecule has 0 aromatic heterocycles. The molecule has 4 nitrogen and oxygen atoms in total. The zero-order chi connectivity index (χ0) is 12.1. The highest BCUT2D eigenvalue weighted by Gasteiger charge is 2.15. The molecular weight excluding hydrogens is 208 g/mol. The van der Waals surface area contributed by atoms with Gasteiger partial charge in [0.05, 0.1) is 5.56 Å². The van der Waals surface area contributed by atoms with Crippen LogP contribution >= 0.6 is 0 Å². The van der Waals surface area contributed by atoms with Gasteiger partial charge in [0, 0.05) is 6.92 Å². The maximum atomic E-state index is 11.5. The quantitative estimate of drug-likeness (QED) is 0.482. The zero-order valence-electron chi connectivity index (χ0n) is 9.06. The predicted octanol–water partition coefficient (Wildman–Crippen LogP) is 2.22. The van der Waals surface area contributed by atoms with E-state index in [0.717, 1.165) is 0 Å². The summed E-state index contributed by atoms with van der Waals surface area (Å²) in [5, 5.41) is 9.16. The summed E-state index contributed by atoms with van der Waals surface area (Å²) >= 11 is 0. The van der Waals surface area contributed by atoms with Crippen LogP contribution < -0.4 is 0 Å². The molecule has 16 heavy (non-hydrogen) atoms. The van der Waals surface area contributed by atoms with E-state index < -0.39 is 11.8 Å². The topological polar surface area (TPSA) is 63.6 Å². The molecule has 0 unspecified atom stereocenters. The third-order valence-electron chi connectivity index (χ3n) is 1.85. The van der Waals surface area contributed by atoms with Gasteiger partial charge in [-0.3, -0.25) is 4.79 Å². The smallest absolute Gasteiger partial charge is 0.343 e. The van der Waals surface area contributed by atoms with Crippen LogP contribution in [0, 0.1) is 0 Å². The molecule has 0 fully saturated rings. The van der Waals surface area contributed by atoms with Crippen molar-refractivity contribution in [3.05, 3.63) is 47.4 Å². The number of aliphatic hydroxyl groups excluding tert-OH is 1. The number of hydrogen-bond acceptors (Lipinski definition) is 4. The Morgan fingerprint density at radius 2 is 1.69 bits per heavy atom. The summed E-state index contributed by atoms with van der Waals surface area (Å²) in [4.78, 5) is 22.6. The van der Waals surface area contributed by atoms with E-state index in [0.29, 0.717) is 5.56 Å². The van der Waals surface area contributed by atoms with Crippen LogP contribution in [-0.4, -0.2) is 16.9 Å². The molecule has 0 spiro atoms. The van der Waals surface area contributed by atoms with Gasteiger partial charge in [-0.05, 0) is 19.1 Å². The largest absolute Gasteiger partial charge is 0.509 e. The second-order valence-corrected chi connectivity index (χ2v) is 3.23. The second kappa shape index (κ2) is 5.11.